The van der Waals surface area contributed by atoms with E-state index in [0.29, 0.717) is 33.0 Å². The highest BCUT2D eigenvalue weighted by atomic mass is 35.5. The number of imidazole rings is 1. The van der Waals surface area contributed by atoms with Crippen molar-refractivity contribution < 1.29 is 4.79 Å². The SMILES string of the molecule is O=C(Nc1cnc(-n2nccn2)c(Cl)c1)Nc1cnn2cc(Cl)nc2c1N1CCCC1. The lowest BCUT2D eigenvalue weighted by molar-refractivity contribution is 0.262. The summed E-state index contributed by atoms with van der Waals surface area (Å²) in [6.45, 7) is 1.73. The predicted octanol–water partition coefficient (Wildman–Crippen LogP) is 3.26. The largest absolute Gasteiger partial charge is 0.367 e. The van der Waals surface area contributed by atoms with Crippen molar-refractivity contribution in [3.05, 3.63) is 47.2 Å². The zero-order valence-electron chi connectivity index (χ0n) is 16.0. The number of hydrogen-bond acceptors (Lipinski definition) is 7. The van der Waals surface area contributed by atoms with Gasteiger partial charge in [-0.15, -0.1) is 4.80 Å². The van der Waals surface area contributed by atoms with Crippen LogP contribution in [0.4, 0.5) is 21.9 Å². The molecule has 0 saturated carbocycles. The van der Waals surface area contributed by atoms with Crippen LogP contribution in [0.5, 0.6) is 0 Å². The Kier molecular flexibility index (Phi) is 5.04. The van der Waals surface area contributed by atoms with E-state index in [0.717, 1.165) is 31.6 Å². The number of carbonyl (C=O) groups excluding carboxylic acids is 1. The second kappa shape index (κ2) is 8.00. The zero-order valence-corrected chi connectivity index (χ0v) is 17.5. The summed E-state index contributed by atoms with van der Waals surface area (Å²) in [6, 6.07) is 1.11. The van der Waals surface area contributed by atoms with E-state index in [1.807, 2.05) is 0 Å². The molecule has 0 radical (unpaired) electrons. The molecule has 1 aliphatic heterocycles. The maximum absolute atomic E-state index is 12.7. The Hall–Kier alpha value is -3.44. The average molecular weight is 459 g/mol. The molecule has 5 rings (SSSR count). The quantitative estimate of drug-likeness (QED) is 0.481. The molecule has 0 spiro atoms. The molecule has 0 unspecified atom stereocenters. The number of urea groups is 1. The molecular formula is C18H16Cl2N10O. The Morgan fingerprint density at radius 1 is 1.03 bits per heavy atom. The van der Waals surface area contributed by atoms with Gasteiger partial charge < -0.3 is 15.5 Å². The molecule has 2 amide bonds. The lowest BCUT2D eigenvalue weighted by Gasteiger charge is -2.21. The van der Waals surface area contributed by atoms with Gasteiger partial charge in [-0.1, -0.05) is 23.2 Å². The summed E-state index contributed by atoms with van der Waals surface area (Å²) in [7, 11) is 0. The van der Waals surface area contributed by atoms with Gasteiger partial charge in [0.05, 0.1) is 47.4 Å². The highest BCUT2D eigenvalue weighted by Gasteiger charge is 2.22. The van der Waals surface area contributed by atoms with Crippen molar-refractivity contribution in [1.29, 1.82) is 0 Å². The van der Waals surface area contributed by atoms with Crippen LogP contribution in [0.3, 0.4) is 0 Å². The summed E-state index contributed by atoms with van der Waals surface area (Å²) in [6.07, 6.45) is 9.86. The summed E-state index contributed by atoms with van der Waals surface area (Å²) in [5.41, 5.74) is 2.32. The molecule has 0 bridgehead atoms. The summed E-state index contributed by atoms with van der Waals surface area (Å²) >= 11 is 12.3. The van der Waals surface area contributed by atoms with Crippen LogP contribution < -0.4 is 15.5 Å². The molecule has 4 aromatic rings. The van der Waals surface area contributed by atoms with E-state index >= 15 is 0 Å². The molecule has 0 aromatic carbocycles. The minimum atomic E-state index is -0.466. The number of rotatable bonds is 4. The van der Waals surface area contributed by atoms with Crippen LogP contribution in [-0.2, 0) is 0 Å². The summed E-state index contributed by atoms with van der Waals surface area (Å²) < 4.78 is 1.60. The first-order chi connectivity index (χ1) is 15.1. The number of halogens is 2. The molecular weight excluding hydrogens is 443 g/mol. The molecule has 13 heteroatoms. The third kappa shape index (κ3) is 3.84. The molecule has 0 atom stereocenters. The molecule has 11 nitrogen and oxygen atoms in total. The third-order valence-electron chi connectivity index (χ3n) is 4.80. The first-order valence-corrected chi connectivity index (χ1v) is 10.2. The molecule has 1 aliphatic rings. The molecule has 1 saturated heterocycles. The molecule has 1 fully saturated rings. The molecule has 0 aliphatic carbocycles. The van der Waals surface area contributed by atoms with Gasteiger partial charge in [0.25, 0.3) is 0 Å². The first-order valence-electron chi connectivity index (χ1n) is 9.47. The third-order valence-corrected chi connectivity index (χ3v) is 5.26. The summed E-state index contributed by atoms with van der Waals surface area (Å²) in [4.78, 5) is 24.7. The molecule has 2 N–H and O–H groups in total. The summed E-state index contributed by atoms with van der Waals surface area (Å²) in [5.74, 6) is 0.361. The minimum Gasteiger partial charge on any atom is -0.367 e. The number of carbonyl (C=O) groups is 1. The fraction of sp³-hybridized carbons (Fsp3) is 0.222. The van der Waals surface area contributed by atoms with E-state index in [2.05, 4.69) is 40.8 Å². The van der Waals surface area contributed by atoms with E-state index in [9.17, 15) is 4.79 Å². The number of fused-ring (bicyclic) bond motifs is 1. The maximum atomic E-state index is 12.7. The standard InChI is InChI=1S/C18H16Cl2N10O/c19-12-7-11(8-21-16(12)30-22-3-4-23-30)25-18(31)26-13-9-24-29-10-14(20)27-17(29)15(13)28-5-1-2-6-28/h3-4,7-10H,1-2,5-6H2,(H2,25,26,31). The van der Waals surface area contributed by atoms with E-state index < -0.39 is 6.03 Å². The lowest BCUT2D eigenvalue weighted by Crippen LogP contribution is -2.25. The second-order valence-corrected chi connectivity index (χ2v) is 7.65. The second-order valence-electron chi connectivity index (χ2n) is 6.86. The van der Waals surface area contributed by atoms with Crippen molar-refractivity contribution in [3.63, 3.8) is 0 Å². The van der Waals surface area contributed by atoms with Crippen LogP contribution in [0.2, 0.25) is 10.2 Å². The van der Waals surface area contributed by atoms with Gasteiger partial charge in [0, 0.05) is 13.1 Å². The highest BCUT2D eigenvalue weighted by molar-refractivity contribution is 6.32. The van der Waals surface area contributed by atoms with Crippen LogP contribution in [0.25, 0.3) is 11.5 Å². The Morgan fingerprint density at radius 2 is 1.81 bits per heavy atom. The van der Waals surface area contributed by atoms with Crippen molar-refractivity contribution in [2.45, 2.75) is 12.8 Å². The van der Waals surface area contributed by atoms with E-state index in [-0.39, 0.29) is 0 Å². The van der Waals surface area contributed by atoms with Gasteiger partial charge in [0.2, 0.25) is 0 Å². The smallest absolute Gasteiger partial charge is 0.323 e. The predicted molar refractivity (Wildman–Crippen MR) is 116 cm³/mol. The van der Waals surface area contributed by atoms with Gasteiger partial charge in [-0.05, 0) is 18.9 Å². The number of pyridine rings is 1. The van der Waals surface area contributed by atoms with Crippen LogP contribution in [0, 0.1) is 0 Å². The van der Waals surface area contributed by atoms with E-state index in [1.54, 1.807) is 23.0 Å². The van der Waals surface area contributed by atoms with Crippen molar-refractivity contribution >= 4 is 51.9 Å². The molecule has 5 heterocycles. The Bertz CT molecular complexity index is 1250. The average Bonchev–Trinajstić information content (AvgIpc) is 3.49. The van der Waals surface area contributed by atoms with Crippen LogP contribution in [-0.4, -0.2) is 53.7 Å². The number of nitrogens with one attached hydrogen (secondary N) is 2. The Labute approximate surface area is 186 Å². The fourth-order valence-corrected chi connectivity index (χ4v) is 3.91. The Balaban J connectivity index is 1.39. The Morgan fingerprint density at radius 3 is 2.55 bits per heavy atom. The van der Waals surface area contributed by atoms with Gasteiger partial charge >= 0.3 is 6.03 Å². The lowest BCUT2D eigenvalue weighted by atomic mass is 10.3. The topological polar surface area (TPSA) is 118 Å². The van der Waals surface area contributed by atoms with Gasteiger partial charge in [-0.2, -0.15) is 15.3 Å². The number of nitrogens with zero attached hydrogens (tertiary/aromatic N) is 8. The van der Waals surface area contributed by atoms with E-state index in [4.69, 9.17) is 23.2 Å². The normalized spacial score (nSPS) is 13.7. The van der Waals surface area contributed by atoms with Crippen LogP contribution in [0.1, 0.15) is 12.8 Å². The van der Waals surface area contributed by atoms with Crippen LogP contribution in [0.15, 0.2) is 37.1 Å². The minimum absolute atomic E-state index is 0.293. The number of hydrogen-bond donors (Lipinski definition) is 2. The van der Waals surface area contributed by atoms with E-state index in [1.165, 1.54) is 23.4 Å². The number of anilines is 3. The van der Waals surface area contributed by atoms with Crippen molar-refractivity contribution in [2.75, 3.05) is 28.6 Å². The van der Waals surface area contributed by atoms with Crippen molar-refractivity contribution in [3.8, 4) is 5.82 Å². The summed E-state index contributed by atoms with van der Waals surface area (Å²) in [5, 5.41) is 18.5. The number of aromatic nitrogens is 7. The number of amides is 2. The monoisotopic (exact) mass is 458 g/mol. The van der Waals surface area contributed by atoms with Gasteiger partial charge in [0.1, 0.15) is 10.8 Å². The van der Waals surface area contributed by atoms with Crippen LogP contribution >= 0.6 is 23.2 Å². The van der Waals surface area contributed by atoms with Gasteiger partial charge in [-0.3, -0.25) is 0 Å². The fourth-order valence-electron chi connectivity index (χ4n) is 3.49. The zero-order chi connectivity index (χ0) is 21.4. The van der Waals surface area contributed by atoms with Gasteiger partial charge in [0.15, 0.2) is 11.5 Å². The molecule has 158 valence electrons. The van der Waals surface area contributed by atoms with Gasteiger partial charge in [-0.25, -0.2) is 19.3 Å². The molecule has 31 heavy (non-hydrogen) atoms. The van der Waals surface area contributed by atoms with Crippen molar-refractivity contribution in [1.82, 2.24) is 34.6 Å². The van der Waals surface area contributed by atoms with Crippen molar-refractivity contribution in [2.24, 2.45) is 0 Å². The molecule has 4 aromatic heterocycles. The first kappa shape index (κ1) is 19.5. The maximum Gasteiger partial charge on any atom is 0.323 e. The highest BCUT2D eigenvalue weighted by Crippen LogP contribution is 2.33.